The second-order valence-corrected chi connectivity index (χ2v) is 2.91. The third-order valence-electron chi connectivity index (χ3n) is 2.08. The first-order valence-electron chi connectivity index (χ1n) is 4.04. The first-order valence-corrected chi connectivity index (χ1v) is 4.04. The van der Waals surface area contributed by atoms with Crippen molar-refractivity contribution in [2.75, 3.05) is 0 Å². The Morgan fingerprint density at radius 1 is 1.07 bits per heavy atom. The third kappa shape index (κ3) is 1.13. The van der Waals surface area contributed by atoms with Gasteiger partial charge in [-0.05, 0) is 0 Å². The van der Waals surface area contributed by atoms with Gasteiger partial charge in [-0.2, -0.15) is 0 Å². The minimum absolute atomic E-state index is 0.0892. The van der Waals surface area contributed by atoms with E-state index in [1.54, 1.807) is 29.7 Å². The van der Waals surface area contributed by atoms with E-state index < -0.39 is 0 Å². The summed E-state index contributed by atoms with van der Waals surface area (Å²) in [4.78, 5) is 23.0. The van der Waals surface area contributed by atoms with Crippen LogP contribution in [-0.2, 0) is 0 Å². The molecule has 70 valence electrons. The van der Waals surface area contributed by atoms with Gasteiger partial charge >= 0.3 is 0 Å². The molecule has 4 heteroatoms. The summed E-state index contributed by atoms with van der Waals surface area (Å²) in [7, 11) is 0. The molecule has 2 rings (SSSR count). The van der Waals surface area contributed by atoms with Crippen molar-refractivity contribution in [3.05, 3.63) is 47.2 Å². The Balaban J connectivity index is 2.61. The Morgan fingerprint density at radius 2 is 1.71 bits per heavy atom. The van der Waals surface area contributed by atoms with Crippen LogP contribution in [0.25, 0.3) is 0 Å². The van der Waals surface area contributed by atoms with Gasteiger partial charge in [0, 0.05) is 17.2 Å². The molecule has 1 aromatic carbocycles. The summed E-state index contributed by atoms with van der Waals surface area (Å²) in [6, 6.07) is 6.50. The summed E-state index contributed by atoms with van der Waals surface area (Å²) in [5.74, 6) is -0.653. The lowest BCUT2D eigenvalue weighted by Crippen LogP contribution is -2.24. The fraction of sp³-hybridized carbons (Fsp3) is 0. The number of allylic oxidation sites excluding steroid dienone is 2. The maximum atomic E-state index is 11.6. The summed E-state index contributed by atoms with van der Waals surface area (Å²) in [6.45, 7) is 0. The van der Waals surface area contributed by atoms with Gasteiger partial charge in [-0.3, -0.25) is 20.3 Å². The number of nitrogens with one attached hydrogen (secondary N) is 1. The molecule has 2 N–H and O–H groups in total. The van der Waals surface area contributed by atoms with E-state index in [1.165, 1.54) is 0 Å². The van der Waals surface area contributed by atoms with Gasteiger partial charge in [-0.15, -0.1) is 0 Å². The number of hydrogen-bond donors (Lipinski definition) is 2. The van der Waals surface area contributed by atoms with Gasteiger partial charge in [0.25, 0.3) is 0 Å². The van der Waals surface area contributed by atoms with Crippen molar-refractivity contribution in [3.8, 4) is 0 Å². The van der Waals surface area contributed by atoms with E-state index in [9.17, 15) is 9.59 Å². The molecular formula is C10H7NO3. The maximum absolute atomic E-state index is 11.6. The van der Waals surface area contributed by atoms with E-state index in [0.717, 1.165) is 6.08 Å². The zero-order valence-electron chi connectivity index (χ0n) is 7.15. The predicted molar refractivity (Wildman–Crippen MR) is 48.1 cm³/mol. The average Bonchev–Trinajstić information content (AvgIpc) is 2.23. The van der Waals surface area contributed by atoms with Gasteiger partial charge in [0.2, 0.25) is 5.78 Å². The topological polar surface area (TPSA) is 66.4 Å². The molecule has 0 bridgehead atoms. The number of hydroxylamine groups is 1. The van der Waals surface area contributed by atoms with E-state index in [2.05, 4.69) is 0 Å². The molecule has 0 spiro atoms. The van der Waals surface area contributed by atoms with Gasteiger partial charge in [0.15, 0.2) is 5.78 Å². The highest BCUT2D eigenvalue weighted by molar-refractivity contribution is 6.24. The lowest BCUT2D eigenvalue weighted by molar-refractivity contribution is 0.0937. The van der Waals surface area contributed by atoms with Crippen LogP contribution in [0.15, 0.2) is 36.0 Å². The summed E-state index contributed by atoms with van der Waals surface area (Å²) >= 11 is 0. The van der Waals surface area contributed by atoms with E-state index >= 15 is 0 Å². The van der Waals surface area contributed by atoms with Crippen LogP contribution in [-0.4, -0.2) is 16.8 Å². The number of rotatable bonds is 1. The average molecular weight is 189 g/mol. The number of fused-ring (bicyclic) bond motifs is 1. The van der Waals surface area contributed by atoms with Gasteiger partial charge < -0.3 is 0 Å². The van der Waals surface area contributed by atoms with E-state index in [0.29, 0.717) is 11.1 Å². The molecule has 0 fully saturated rings. The van der Waals surface area contributed by atoms with Crippen LogP contribution in [0.4, 0.5) is 0 Å². The highest BCUT2D eigenvalue weighted by atomic mass is 16.5. The lowest BCUT2D eigenvalue weighted by atomic mass is 9.93. The number of ketones is 2. The van der Waals surface area contributed by atoms with E-state index in [-0.39, 0.29) is 17.3 Å². The fourth-order valence-electron chi connectivity index (χ4n) is 1.40. The first kappa shape index (κ1) is 8.65. The zero-order chi connectivity index (χ0) is 10.1. The highest BCUT2D eigenvalue weighted by Gasteiger charge is 2.24. The first-order chi connectivity index (χ1) is 6.74. The van der Waals surface area contributed by atoms with Crippen molar-refractivity contribution in [2.24, 2.45) is 0 Å². The molecule has 0 heterocycles. The van der Waals surface area contributed by atoms with Crippen molar-refractivity contribution in [2.45, 2.75) is 0 Å². The Hall–Kier alpha value is -1.94. The lowest BCUT2D eigenvalue weighted by Gasteiger charge is -2.12. The third-order valence-corrected chi connectivity index (χ3v) is 2.08. The zero-order valence-corrected chi connectivity index (χ0v) is 7.15. The Morgan fingerprint density at radius 3 is 2.36 bits per heavy atom. The summed E-state index contributed by atoms with van der Waals surface area (Å²) in [6.07, 6.45) is 1.09. The monoisotopic (exact) mass is 189 g/mol. The Kier molecular flexibility index (Phi) is 1.90. The molecule has 14 heavy (non-hydrogen) atoms. The minimum Gasteiger partial charge on any atom is -0.291 e. The van der Waals surface area contributed by atoms with Crippen molar-refractivity contribution in [1.29, 1.82) is 0 Å². The second-order valence-electron chi connectivity index (χ2n) is 2.91. The molecule has 0 amide bonds. The SMILES string of the molecule is O=C1C=C(NO)C(=O)c2ccccc21. The van der Waals surface area contributed by atoms with Gasteiger partial charge in [-0.25, -0.2) is 0 Å². The largest absolute Gasteiger partial charge is 0.291 e. The second kappa shape index (κ2) is 3.08. The maximum Gasteiger partial charge on any atom is 0.211 e. The predicted octanol–water partition coefficient (Wildman–Crippen LogP) is 0.928. The molecule has 0 saturated carbocycles. The molecule has 0 aliphatic heterocycles. The van der Waals surface area contributed by atoms with Crippen LogP contribution < -0.4 is 5.48 Å². The number of carbonyl (C=O) groups excluding carboxylic acids is 2. The van der Waals surface area contributed by atoms with Crippen LogP contribution in [0, 0.1) is 0 Å². The quantitative estimate of drug-likeness (QED) is 0.645. The number of hydrogen-bond acceptors (Lipinski definition) is 4. The standard InChI is InChI=1S/C10H7NO3/c12-9-5-8(11-14)10(13)7-4-2-1-3-6(7)9/h1-5,11,14H. The fourth-order valence-corrected chi connectivity index (χ4v) is 1.40. The molecule has 0 radical (unpaired) electrons. The molecule has 1 aromatic rings. The summed E-state index contributed by atoms with van der Waals surface area (Å²) in [5, 5.41) is 8.61. The molecule has 0 aromatic heterocycles. The van der Waals surface area contributed by atoms with Crippen LogP contribution in [0.1, 0.15) is 20.7 Å². The van der Waals surface area contributed by atoms with Gasteiger partial charge in [0.1, 0.15) is 5.70 Å². The summed E-state index contributed by atoms with van der Waals surface area (Å²) < 4.78 is 0. The summed E-state index contributed by atoms with van der Waals surface area (Å²) in [5.41, 5.74) is 2.31. The molecule has 0 saturated heterocycles. The Bertz CT molecular complexity index is 448. The molecule has 1 aliphatic carbocycles. The Labute approximate surface area is 79.8 Å². The van der Waals surface area contributed by atoms with Crippen LogP contribution >= 0.6 is 0 Å². The van der Waals surface area contributed by atoms with Crippen LogP contribution in [0.5, 0.6) is 0 Å². The molecule has 0 atom stereocenters. The molecule has 0 unspecified atom stereocenters. The van der Waals surface area contributed by atoms with Crippen molar-refractivity contribution < 1.29 is 14.8 Å². The van der Waals surface area contributed by atoms with Gasteiger partial charge in [0.05, 0.1) is 0 Å². The highest BCUT2D eigenvalue weighted by Crippen LogP contribution is 2.19. The van der Waals surface area contributed by atoms with Crippen LogP contribution in [0.3, 0.4) is 0 Å². The van der Waals surface area contributed by atoms with Gasteiger partial charge in [-0.1, -0.05) is 24.3 Å². The molecule has 1 aliphatic rings. The van der Waals surface area contributed by atoms with E-state index in [4.69, 9.17) is 5.21 Å². The number of carbonyl (C=O) groups is 2. The van der Waals surface area contributed by atoms with Crippen molar-refractivity contribution in [1.82, 2.24) is 5.48 Å². The number of Topliss-reactive ketones (excluding diaryl/α,β-unsaturated/α-hetero) is 1. The normalized spacial score (nSPS) is 14.8. The van der Waals surface area contributed by atoms with Crippen LogP contribution in [0.2, 0.25) is 0 Å². The van der Waals surface area contributed by atoms with Crippen molar-refractivity contribution in [3.63, 3.8) is 0 Å². The number of benzene rings is 1. The van der Waals surface area contributed by atoms with E-state index in [1.807, 2.05) is 0 Å². The molecule has 4 nitrogen and oxygen atoms in total. The molecular weight excluding hydrogens is 182 g/mol. The van der Waals surface area contributed by atoms with Crippen molar-refractivity contribution >= 4 is 11.6 Å². The minimum atomic E-state index is -0.372. The smallest absolute Gasteiger partial charge is 0.211 e.